The van der Waals surface area contributed by atoms with Gasteiger partial charge in [-0.15, -0.1) is 0 Å². The fraction of sp³-hybridized carbons (Fsp3) is 0. The number of hydrogen-bond acceptors (Lipinski definition) is 0. The molecule has 0 saturated heterocycles. The Balaban J connectivity index is 0. The first-order valence-corrected chi connectivity index (χ1v) is 0. The molecule has 4 heteroatoms. The van der Waals surface area contributed by atoms with E-state index in [1.807, 2.05) is 0 Å². The van der Waals surface area contributed by atoms with E-state index in [9.17, 15) is 0 Å². The molecule has 4 heavy (non-hydrogen) atoms. The van der Waals surface area contributed by atoms with Gasteiger partial charge in [0.25, 0.3) is 0 Å². The van der Waals surface area contributed by atoms with E-state index >= 15 is 0 Å². The minimum Gasteiger partial charge on any atom is 0 e. The van der Waals surface area contributed by atoms with Gasteiger partial charge in [0.05, 0.1) is 0 Å². The summed E-state index contributed by atoms with van der Waals surface area (Å²) >= 11 is 0. The van der Waals surface area contributed by atoms with Crippen LogP contribution in [0.4, 0.5) is 0 Å². The minimum atomic E-state index is 0. The van der Waals surface area contributed by atoms with Crippen LogP contribution in [0.5, 0.6) is 0 Å². The van der Waals surface area contributed by atoms with E-state index in [0.29, 0.717) is 0 Å². The van der Waals surface area contributed by atoms with Crippen molar-refractivity contribution in [3.63, 3.8) is 0 Å². The first-order valence-electron chi connectivity index (χ1n) is 0. The number of rotatable bonds is 0. The first-order chi connectivity index (χ1) is 0. The summed E-state index contributed by atoms with van der Waals surface area (Å²) < 4.78 is 0. The first kappa shape index (κ1) is 37.1. The summed E-state index contributed by atoms with van der Waals surface area (Å²) in [5, 5.41) is 0. The molecule has 0 unspecified atom stereocenters. The average molecular weight is 252 g/mol. The molecule has 0 aliphatic heterocycles. The van der Waals surface area contributed by atoms with Crippen molar-refractivity contribution in [2.45, 2.75) is 0 Å². The molecule has 0 spiro atoms. The summed E-state index contributed by atoms with van der Waals surface area (Å²) in [6, 6.07) is 0. The molecule has 0 aromatic carbocycles. The van der Waals surface area contributed by atoms with E-state index in [4.69, 9.17) is 0 Å². The molecule has 0 aromatic heterocycles. The maximum Gasteiger partial charge on any atom is 0 e. The predicted octanol–water partition coefficient (Wildman–Crippen LogP) is -0.388. The smallest absolute Gasteiger partial charge is 0 e. The molecule has 0 aromatic rings. The Morgan fingerprint density at radius 1 is 1.00 bits per heavy atom. The molecule has 0 saturated carbocycles. The summed E-state index contributed by atoms with van der Waals surface area (Å²) in [7, 11) is 0. The van der Waals surface area contributed by atoms with Crippen molar-refractivity contribution in [2.75, 3.05) is 0 Å². The summed E-state index contributed by atoms with van der Waals surface area (Å²) in [6.07, 6.45) is 0. The van der Waals surface area contributed by atoms with Gasteiger partial charge in [-0.2, -0.15) is 0 Å². The van der Waals surface area contributed by atoms with E-state index < -0.39 is 0 Å². The monoisotopic (exact) mass is 254 g/mol. The zero-order chi connectivity index (χ0) is 0. The third-order valence-corrected chi connectivity index (χ3v) is 0. The van der Waals surface area contributed by atoms with Crippen molar-refractivity contribution in [2.24, 2.45) is 0 Å². The van der Waals surface area contributed by atoms with E-state index in [2.05, 4.69) is 0 Å². The van der Waals surface area contributed by atoms with Crippen molar-refractivity contribution in [3.8, 4) is 0 Å². The van der Waals surface area contributed by atoms with Gasteiger partial charge in [-0.1, -0.05) is 0 Å². The van der Waals surface area contributed by atoms with Crippen molar-refractivity contribution in [3.05, 3.63) is 0 Å². The molecule has 0 nitrogen and oxygen atoms in total. The number of hydrogen-bond donors (Lipinski definition) is 0. The van der Waals surface area contributed by atoms with Gasteiger partial charge in [0, 0.05) is 69.2 Å². The van der Waals surface area contributed by atoms with E-state index in [0.717, 1.165) is 0 Å². The Bertz CT molecular complexity index is 8.00. The van der Waals surface area contributed by atoms with Gasteiger partial charge in [-0.05, 0) is 0 Å². The Morgan fingerprint density at radius 3 is 1.00 bits per heavy atom. The van der Waals surface area contributed by atoms with Gasteiger partial charge in [0.2, 0.25) is 0 Å². The predicted molar refractivity (Wildman–Crippen MR) is 5.75 cm³/mol. The Labute approximate surface area is 68.6 Å². The summed E-state index contributed by atoms with van der Waals surface area (Å²) in [5.74, 6) is 0. The van der Waals surface area contributed by atoms with Gasteiger partial charge in [0.15, 0.2) is 0 Å². The van der Waals surface area contributed by atoms with Crippen LogP contribution in [0, 0.1) is 0 Å². The molecule has 4 radical (unpaired) electrons. The molecule has 0 amide bonds. The van der Waals surface area contributed by atoms with Crippen LogP contribution in [-0.4, -0.2) is 8.41 Å². The second-order valence-electron chi connectivity index (χ2n) is 0. The van der Waals surface area contributed by atoms with Crippen molar-refractivity contribution in [1.29, 1.82) is 0 Å². The SMILES string of the molecule is [B].[Cr].[Mo].[Nb]. The Hall–Kier alpha value is 2.03. The third kappa shape index (κ3) is 8.98. The van der Waals surface area contributed by atoms with Crippen LogP contribution in [0.2, 0.25) is 0 Å². The van der Waals surface area contributed by atoms with Gasteiger partial charge in [-0.25, -0.2) is 0 Å². The van der Waals surface area contributed by atoms with Crippen LogP contribution in [-0.2, 0) is 60.8 Å². The van der Waals surface area contributed by atoms with E-state index in [1.54, 1.807) is 0 Å². The average Bonchev–Trinajstić information content (AvgIpc) is 0. The van der Waals surface area contributed by atoms with Crippen LogP contribution in [0.15, 0.2) is 0 Å². The molecule has 0 N–H and O–H groups in total. The normalized spacial score (nSPS) is 0. The fourth-order valence-electron chi connectivity index (χ4n) is 0. The van der Waals surface area contributed by atoms with Crippen molar-refractivity contribution >= 4 is 8.41 Å². The van der Waals surface area contributed by atoms with Crippen LogP contribution in [0.1, 0.15) is 0 Å². The zero-order valence-electron chi connectivity index (χ0n) is 1.84. The summed E-state index contributed by atoms with van der Waals surface area (Å²) in [5.41, 5.74) is 0. The summed E-state index contributed by atoms with van der Waals surface area (Å²) in [4.78, 5) is 0. The van der Waals surface area contributed by atoms with Gasteiger partial charge < -0.3 is 0 Å². The molecule has 0 rings (SSSR count). The molecule has 0 heterocycles. The van der Waals surface area contributed by atoms with Crippen LogP contribution in [0.25, 0.3) is 0 Å². The van der Waals surface area contributed by atoms with Crippen molar-refractivity contribution in [1.82, 2.24) is 0 Å². The van der Waals surface area contributed by atoms with Crippen LogP contribution in [0.3, 0.4) is 0 Å². The van der Waals surface area contributed by atoms with Gasteiger partial charge in [0.1, 0.15) is 0 Å². The Kier molecular flexibility index (Phi) is 184. The van der Waals surface area contributed by atoms with Gasteiger partial charge in [-0.3, -0.25) is 0 Å². The second-order valence-corrected chi connectivity index (χ2v) is 0. The van der Waals surface area contributed by atoms with E-state index in [1.165, 1.54) is 0 Å². The molecule has 0 bridgehead atoms. The molecule has 0 aliphatic carbocycles. The zero-order valence-corrected chi connectivity index (χ0v) is 7.32. The maximum absolute atomic E-state index is 0. The minimum absolute atomic E-state index is 0. The van der Waals surface area contributed by atoms with Crippen LogP contribution < -0.4 is 0 Å². The maximum atomic E-state index is 0. The topological polar surface area (TPSA) is 0 Å². The summed E-state index contributed by atoms with van der Waals surface area (Å²) in [6.45, 7) is 0. The van der Waals surface area contributed by atoms with Crippen LogP contribution >= 0.6 is 0 Å². The second kappa shape index (κ2) is 19.8. The molecule has 20 valence electrons. The third-order valence-electron chi connectivity index (χ3n) is 0. The largest absolute Gasteiger partial charge is 0 e. The Morgan fingerprint density at radius 2 is 1.00 bits per heavy atom. The fourth-order valence-corrected chi connectivity index (χ4v) is 0. The van der Waals surface area contributed by atoms with Gasteiger partial charge >= 0.3 is 0 Å². The molecule has 0 atom stereocenters. The molecular weight excluding hydrogens is 252 g/mol. The quantitative estimate of drug-likeness (QED) is 0.515. The standard InChI is InChI=1S/B.Cr.Mo.Nb. The molecular formula is BCrMoNb. The molecule has 0 fully saturated rings. The van der Waals surface area contributed by atoms with Crippen molar-refractivity contribution < 1.29 is 60.8 Å². The molecule has 0 aliphatic rings. The van der Waals surface area contributed by atoms with E-state index in [-0.39, 0.29) is 69.2 Å².